The molecule has 0 radical (unpaired) electrons. The van der Waals surface area contributed by atoms with Gasteiger partial charge in [0.05, 0.1) is 12.3 Å². The van der Waals surface area contributed by atoms with Gasteiger partial charge in [0.25, 0.3) is 0 Å². The normalized spacial score (nSPS) is 24.2. The van der Waals surface area contributed by atoms with E-state index in [1.807, 2.05) is 20.8 Å². The van der Waals surface area contributed by atoms with Crippen LogP contribution >= 0.6 is 0 Å². The zero-order chi connectivity index (χ0) is 20.1. The Bertz CT molecular complexity index is 645. The Morgan fingerprint density at radius 1 is 1.18 bits per heavy atom. The SMILES string of the molecule is CC(C)(C)OC(=O)N1CCC(COC2CCC(c3ccncc3F)CC2)CC1. The van der Waals surface area contributed by atoms with E-state index in [1.165, 1.54) is 6.20 Å². The van der Waals surface area contributed by atoms with Crippen LogP contribution in [0, 0.1) is 11.7 Å². The largest absolute Gasteiger partial charge is 0.444 e. The van der Waals surface area contributed by atoms with Crippen LogP contribution in [0.25, 0.3) is 0 Å². The molecule has 0 spiro atoms. The van der Waals surface area contributed by atoms with Gasteiger partial charge in [-0.25, -0.2) is 9.18 Å². The predicted octanol–water partition coefficient (Wildman–Crippen LogP) is 4.91. The van der Waals surface area contributed by atoms with Gasteiger partial charge in [-0.1, -0.05) is 0 Å². The maximum absolute atomic E-state index is 13.9. The molecule has 1 saturated carbocycles. The van der Waals surface area contributed by atoms with Crippen LogP contribution in [0.4, 0.5) is 9.18 Å². The van der Waals surface area contributed by atoms with Crippen molar-refractivity contribution in [2.45, 2.75) is 76.9 Å². The van der Waals surface area contributed by atoms with E-state index >= 15 is 0 Å². The summed E-state index contributed by atoms with van der Waals surface area (Å²) in [4.78, 5) is 17.8. The average Bonchev–Trinajstić information content (AvgIpc) is 2.66. The fraction of sp³-hybridized carbons (Fsp3) is 0.727. The maximum atomic E-state index is 13.9. The smallest absolute Gasteiger partial charge is 0.410 e. The van der Waals surface area contributed by atoms with Gasteiger partial charge in [-0.15, -0.1) is 0 Å². The van der Waals surface area contributed by atoms with Crippen molar-refractivity contribution >= 4 is 6.09 Å². The summed E-state index contributed by atoms with van der Waals surface area (Å²) in [6.45, 7) is 7.89. The lowest BCUT2D eigenvalue weighted by atomic mass is 9.83. The van der Waals surface area contributed by atoms with Gasteiger partial charge in [-0.3, -0.25) is 4.98 Å². The third-order valence-corrected chi connectivity index (χ3v) is 5.75. The van der Waals surface area contributed by atoms with Crippen LogP contribution in [-0.2, 0) is 9.47 Å². The number of halogens is 1. The van der Waals surface area contributed by atoms with Gasteiger partial charge in [0.1, 0.15) is 11.4 Å². The van der Waals surface area contributed by atoms with Crippen molar-refractivity contribution in [3.05, 3.63) is 29.8 Å². The number of carbonyl (C=O) groups excluding carboxylic acids is 1. The Labute approximate surface area is 167 Å². The van der Waals surface area contributed by atoms with Gasteiger partial charge in [0.2, 0.25) is 0 Å². The zero-order valence-electron chi connectivity index (χ0n) is 17.3. The van der Waals surface area contributed by atoms with Gasteiger partial charge in [-0.2, -0.15) is 0 Å². The minimum absolute atomic E-state index is 0.191. The number of hydrogen-bond acceptors (Lipinski definition) is 4. The van der Waals surface area contributed by atoms with E-state index in [-0.39, 0.29) is 23.9 Å². The first kappa shape index (κ1) is 21.0. The molecule has 1 amide bonds. The Morgan fingerprint density at radius 2 is 1.86 bits per heavy atom. The van der Waals surface area contributed by atoms with E-state index in [0.717, 1.165) is 63.8 Å². The van der Waals surface area contributed by atoms with Crippen LogP contribution in [0.2, 0.25) is 0 Å². The highest BCUT2D eigenvalue weighted by molar-refractivity contribution is 5.68. The highest BCUT2D eigenvalue weighted by Crippen LogP contribution is 2.35. The average molecular weight is 393 g/mol. The fourth-order valence-corrected chi connectivity index (χ4v) is 4.14. The summed E-state index contributed by atoms with van der Waals surface area (Å²) in [6, 6.07) is 1.81. The standard InChI is InChI=1S/C22H33FN2O3/c1-22(2,3)28-21(26)25-12-9-16(10-13-25)15-27-18-6-4-17(5-7-18)19-8-11-24-14-20(19)23/h8,11,14,16-18H,4-7,9-10,12-13,15H2,1-3H3. The highest BCUT2D eigenvalue weighted by atomic mass is 19.1. The van der Waals surface area contributed by atoms with Crippen molar-refractivity contribution in [1.29, 1.82) is 0 Å². The van der Waals surface area contributed by atoms with E-state index < -0.39 is 5.60 Å². The van der Waals surface area contributed by atoms with Crippen molar-refractivity contribution in [1.82, 2.24) is 9.88 Å². The van der Waals surface area contributed by atoms with E-state index in [4.69, 9.17) is 9.47 Å². The molecule has 1 saturated heterocycles. The minimum Gasteiger partial charge on any atom is -0.444 e. The molecule has 5 nitrogen and oxygen atoms in total. The first-order valence-corrected chi connectivity index (χ1v) is 10.5. The summed E-state index contributed by atoms with van der Waals surface area (Å²) in [5, 5.41) is 0. The van der Waals surface area contributed by atoms with Gasteiger partial charge < -0.3 is 14.4 Å². The Kier molecular flexibility index (Phi) is 6.91. The van der Waals surface area contributed by atoms with Crippen LogP contribution in [0.15, 0.2) is 18.5 Å². The molecule has 2 fully saturated rings. The summed E-state index contributed by atoms with van der Waals surface area (Å²) >= 11 is 0. The third kappa shape index (κ3) is 5.90. The molecule has 0 aromatic carbocycles. The topological polar surface area (TPSA) is 51.7 Å². The molecule has 1 aromatic heterocycles. The molecule has 6 heteroatoms. The first-order valence-electron chi connectivity index (χ1n) is 10.5. The maximum Gasteiger partial charge on any atom is 0.410 e. The molecule has 0 bridgehead atoms. The van der Waals surface area contributed by atoms with Gasteiger partial charge in [0.15, 0.2) is 0 Å². The van der Waals surface area contributed by atoms with Crippen molar-refractivity contribution in [2.24, 2.45) is 5.92 Å². The number of amides is 1. The second-order valence-electron chi connectivity index (χ2n) is 9.11. The van der Waals surface area contributed by atoms with Crippen molar-refractivity contribution in [3.8, 4) is 0 Å². The van der Waals surface area contributed by atoms with Gasteiger partial charge in [0, 0.05) is 25.9 Å². The number of carbonyl (C=O) groups is 1. The summed E-state index contributed by atoms with van der Waals surface area (Å²) in [5.74, 6) is 0.581. The molecule has 0 unspecified atom stereocenters. The van der Waals surface area contributed by atoms with Crippen molar-refractivity contribution in [3.63, 3.8) is 0 Å². The van der Waals surface area contributed by atoms with E-state index in [1.54, 1.807) is 17.2 Å². The van der Waals surface area contributed by atoms with Crippen molar-refractivity contribution < 1.29 is 18.7 Å². The molecule has 156 valence electrons. The van der Waals surface area contributed by atoms with Crippen LogP contribution in [-0.4, -0.2) is 47.4 Å². The summed E-state index contributed by atoms with van der Waals surface area (Å²) in [7, 11) is 0. The Morgan fingerprint density at radius 3 is 2.46 bits per heavy atom. The van der Waals surface area contributed by atoms with E-state index in [2.05, 4.69) is 4.98 Å². The van der Waals surface area contributed by atoms with Crippen LogP contribution in [0.1, 0.15) is 70.8 Å². The molecule has 1 aliphatic carbocycles. The molecule has 2 heterocycles. The van der Waals surface area contributed by atoms with Crippen LogP contribution in [0.3, 0.4) is 0 Å². The lowest BCUT2D eigenvalue weighted by Gasteiger charge is -2.34. The zero-order valence-corrected chi connectivity index (χ0v) is 17.3. The second kappa shape index (κ2) is 9.21. The molecule has 1 aliphatic heterocycles. The quantitative estimate of drug-likeness (QED) is 0.730. The number of rotatable bonds is 4. The third-order valence-electron chi connectivity index (χ3n) is 5.75. The second-order valence-corrected chi connectivity index (χ2v) is 9.11. The highest BCUT2D eigenvalue weighted by Gasteiger charge is 2.29. The summed E-state index contributed by atoms with van der Waals surface area (Å²) in [5.41, 5.74) is 0.345. The van der Waals surface area contributed by atoms with Crippen LogP contribution < -0.4 is 0 Å². The van der Waals surface area contributed by atoms with Crippen molar-refractivity contribution in [2.75, 3.05) is 19.7 Å². The number of piperidine rings is 1. The minimum atomic E-state index is -0.449. The lowest BCUT2D eigenvalue weighted by Crippen LogP contribution is -2.42. The molecule has 3 rings (SSSR count). The summed E-state index contributed by atoms with van der Waals surface area (Å²) in [6.07, 6.45) is 8.82. The number of nitrogens with zero attached hydrogens (tertiary/aromatic N) is 2. The molecule has 1 aromatic rings. The molecule has 2 aliphatic rings. The molecule has 0 atom stereocenters. The van der Waals surface area contributed by atoms with Crippen LogP contribution in [0.5, 0.6) is 0 Å². The number of hydrogen-bond donors (Lipinski definition) is 0. The number of likely N-dealkylation sites (tertiary alicyclic amines) is 1. The summed E-state index contributed by atoms with van der Waals surface area (Å²) < 4.78 is 25.5. The fourth-order valence-electron chi connectivity index (χ4n) is 4.14. The lowest BCUT2D eigenvalue weighted by molar-refractivity contribution is -0.0144. The van der Waals surface area contributed by atoms with E-state index in [0.29, 0.717) is 5.92 Å². The molecule has 28 heavy (non-hydrogen) atoms. The number of ether oxygens (including phenoxy) is 2. The molecule has 0 N–H and O–H groups in total. The first-order chi connectivity index (χ1) is 13.3. The number of aromatic nitrogens is 1. The number of pyridine rings is 1. The predicted molar refractivity (Wildman–Crippen MR) is 106 cm³/mol. The Hall–Kier alpha value is -1.69. The molecular formula is C22H33FN2O3. The monoisotopic (exact) mass is 392 g/mol. The van der Waals surface area contributed by atoms with Gasteiger partial charge >= 0.3 is 6.09 Å². The van der Waals surface area contributed by atoms with Gasteiger partial charge in [-0.05, 0) is 82.8 Å². The molecular weight excluding hydrogens is 359 g/mol. The van der Waals surface area contributed by atoms with E-state index in [9.17, 15) is 9.18 Å². The Balaban J connectivity index is 1.35.